The van der Waals surface area contributed by atoms with E-state index in [0.29, 0.717) is 11.9 Å². The second-order valence-electron chi connectivity index (χ2n) is 5.90. The molecule has 0 spiro atoms. The van der Waals surface area contributed by atoms with Gasteiger partial charge in [-0.25, -0.2) is 4.98 Å². The third kappa shape index (κ3) is 2.56. The number of hydrogen-bond donors (Lipinski definition) is 1. The van der Waals surface area contributed by atoms with Gasteiger partial charge in [-0.3, -0.25) is 4.79 Å². The molecule has 1 atom stereocenters. The van der Waals surface area contributed by atoms with Crippen LogP contribution in [0, 0.1) is 0 Å². The summed E-state index contributed by atoms with van der Waals surface area (Å²) in [7, 11) is 0. The third-order valence-electron chi connectivity index (χ3n) is 3.21. The van der Waals surface area contributed by atoms with Crippen molar-refractivity contribution in [3.63, 3.8) is 0 Å². The van der Waals surface area contributed by atoms with E-state index in [2.05, 4.69) is 22.1 Å². The molecule has 0 aliphatic carbocycles. The summed E-state index contributed by atoms with van der Waals surface area (Å²) in [6, 6.07) is 0.392. The first-order valence-corrected chi connectivity index (χ1v) is 6.46. The van der Waals surface area contributed by atoms with Crippen molar-refractivity contribution >= 4 is 5.82 Å². The second kappa shape index (κ2) is 4.72. The molecule has 1 aromatic rings. The highest BCUT2D eigenvalue weighted by Gasteiger charge is 2.22. The lowest BCUT2D eigenvalue weighted by atomic mass is 10.1. The lowest BCUT2D eigenvalue weighted by Crippen LogP contribution is -2.51. The highest BCUT2D eigenvalue weighted by molar-refractivity contribution is 5.37. The molecule has 0 amide bonds. The minimum atomic E-state index is -0.214. The Labute approximate surface area is 108 Å². The Morgan fingerprint density at radius 2 is 2.17 bits per heavy atom. The fourth-order valence-corrected chi connectivity index (χ4v) is 2.27. The van der Waals surface area contributed by atoms with Crippen LogP contribution in [-0.2, 0) is 5.54 Å². The van der Waals surface area contributed by atoms with Gasteiger partial charge in [-0.1, -0.05) is 0 Å². The summed E-state index contributed by atoms with van der Waals surface area (Å²) in [5.41, 5.74) is -0.215. The van der Waals surface area contributed by atoms with Gasteiger partial charge in [-0.15, -0.1) is 0 Å². The van der Waals surface area contributed by atoms with Crippen molar-refractivity contribution in [2.24, 2.45) is 0 Å². The molecular weight excluding hydrogens is 228 g/mol. The Morgan fingerprint density at radius 1 is 1.44 bits per heavy atom. The van der Waals surface area contributed by atoms with Crippen molar-refractivity contribution < 1.29 is 0 Å². The van der Waals surface area contributed by atoms with Crippen LogP contribution in [0.1, 0.15) is 27.7 Å². The molecule has 0 saturated carbocycles. The van der Waals surface area contributed by atoms with Crippen molar-refractivity contribution in [3.8, 4) is 0 Å². The molecule has 0 unspecified atom stereocenters. The van der Waals surface area contributed by atoms with Crippen LogP contribution >= 0.6 is 0 Å². The summed E-state index contributed by atoms with van der Waals surface area (Å²) in [5, 5.41) is 3.37. The zero-order valence-electron chi connectivity index (χ0n) is 11.6. The van der Waals surface area contributed by atoms with Crippen molar-refractivity contribution in [2.75, 3.05) is 24.5 Å². The molecule has 0 bridgehead atoms. The van der Waals surface area contributed by atoms with Crippen LogP contribution < -0.4 is 15.8 Å². The number of anilines is 1. The minimum Gasteiger partial charge on any atom is -0.349 e. The third-order valence-corrected chi connectivity index (χ3v) is 3.21. The quantitative estimate of drug-likeness (QED) is 0.801. The monoisotopic (exact) mass is 250 g/mol. The van der Waals surface area contributed by atoms with Crippen LogP contribution in [0.2, 0.25) is 0 Å². The van der Waals surface area contributed by atoms with Gasteiger partial charge in [0.25, 0.3) is 5.56 Å². The van der Waals surface area contributed by atoms with Gasteiger partial charge in [0.2, 0.25) is 0 Å². The van der Waals surface area contributed by atoms with E-state index >= 15 is 0 Å². The van der Waals surface area contributed by atoms with Crippen molar-refractivity contribution in [2.45, 2.75) is 39.3 Å². The number of nitrogens with zero attached hydrogens (tertiary/aromatic N) is 3. The van der Waals surface area contributed by atoms with E-state index in [1.54, 1.807) is 17.0 Å². The summed E-state index contributed by atoms with van der Waals surface area (Å²) < 4.78 is 1.75. The van der Waals surface area contributed by atoms with E-state index < -0.39 is 0 Å². The molecule has 1 fully saturated rings. The minimum absolute atomic E-state index is 0.000833. The molecule has 0 radical (unpaired) electrons. The lowest BCUT2D eigenvalue weighted by molar-refractivity contribution is 0.381. The molecule has 2 heterocycles. The van der Waals surface area contributed by atoms with Gasteiger partial charge in [0.15, 0.2) is 5.82 Å². The van der Waals surface area contributed by atoms with Gasteiger partial charge in [-0.05, 0) is 27.7 Å². The van der Waals surface area contributed by atoms with Crippen molar-refractivity contribution in [1.29, 1.82) is 0 Å². The van der Waals surface area contributed by atoms with E-state index in [-0.39, 0.29) is 11.1 Å². The fourth-order valence-electron chi connectivity index (χ4n) is 2.27. The predicted molar refractivity (Wildman–Crippen MR) is 73.2 cm³/mol. The smallest absolute Gasteiger partial charge is 0.293 e. The van der Waals surface area contributed by atoms with Gasteiger partial charge < -0.3 is 14.8 Å². The van der Waals surface area contributed by atoms with Crippen molar-refractivity contribution in [3.05, 3.63) is 22.7 Å². The summed E-state index contributed by atoms with van der Waals surface area (Å²) in [4.78, 5) is 18.8. The molecule has 18 heavy (non-hydrogen) atoms. The number of piperazine rings is 1. The molecule has 1 saturated heterocycles. The molecule has 100 valence electrons. The molecule has 5 heteroatoms. The molecule has 5 nitrogen and oxygen atoms in total. The number of hydrogen-bond acceptors (Lipinski definition) is 4. The van der Waals surface area contributed by atoms with Crippen LogP contribution in [0.15, 0.2) is 17.2 Å². The van der Waals surface area contributed by atoms with Crippen LogP contribution in [0.5, 0.6) is 0 Å². The molecule has 1 aromatic heterocycles. The topological polar surface area (TPSA) is 50.2 Å². The molecule has 0 aromatic carbocycles. The van der Waals surface area contributed by atoms with E-state index in [4.69, 9.17) is 0 Å². The molecule has 2 rings (SSSR count). The number of rotatable bonds is 1. The van der Waals surface area contributed by atoms with E-state index in [1.165, 1.54) is 0 Å². The average molecular weight is 250 g/mol. The van der Waals surface area contributed by atoms with Crippen LogP contribution in [0.25, 0.3) is 0 Å². The average Bonchev–Trinajstić information content (AvgIpc) is 2.27. The maximum Gasteiger partial charge on any atom is 0.293 e. The lowest BCUT2D eigenvalue weighted by Gasteiger charge is -2.33. The zero-order valence-corrected chi connectivity index (χ0v) is 11.6. The molecule has 1 aliphatic heterocycles. The highest BCUT2D eigenvalue weighted by Crippen LogP contribution is 2.13. The first kappa shape index (κ1) is 13.1. The maximum atomic E-state index is 12.5. The van der Waals surface area contributed by atoms with Gasteiger partial charge in [0.1, 0.15) is 0 Å². The number of nitrogens with one attached hydrogen (secondary N) is 1. The molecule has 1 aliphatic rings. The van der Waals surface area contributed by atoms with Gasteiger partial charge >= 0.3 is 0 Å². The number of aromatic nitrogens is 2. The van der Waals surface area contributed by atoms with E-state index in [1.807, 2.05) is 20.8 Å². The summed E-state index contributed by atoms with van der Waals surface area (Å²) in [6.45, 7) is 10.8. The summed E-state index contributed by atoms with van der Waals surface area (Å²) in [6.07, 6.45) is 3.48. The van der Waals surface area contributed by atoms with Crippen LogP contribution in [-0.4, -0.2) is 35.2 Å². The van der Waals surface area contributed by atoms with Crippen LogP contribution in [0.4, 0.5) is 5.82 Å². The SMILES string of the molecule is C[C@H]1CN(c2nccn(C(C)(C)C)c2=O)CCN1. The molecule has 1 N–H and O–H groups in total. The largest absolute Gasteiger partial charge is 0.349 e. The molecular formula is C13H22N4O. The van der Waals surface area contributed by atoms with Crippen LogP contribution in [0.3, 0.4) is 0 Å². The fraction of sp³-hybridized carbons (Fsp3) is 0.692. The Balaban J connectivity index is 2.37. The normalized spacial score (nSPS) is 21.1. The first-order chi connectivity index (χ1) is 8.39. The Kier molecular flexibility index (Phi) is 3.43. The second-order valence-corrected chi connectivity index (χ2v) is 5.90. The first-order valence-electron chi connectivity index (χ1n) is 6.46. The van der Waals surface area contributed by atoms with E-state index in [9.17, 15) is 4.79 Å². The summed E-state index contributed by atoms with van der Waals surface area (Å²) >= 11 is 0. The Bertz CT molecular complexity index is 475. The Morgan fingerprint density at radius 3 is 2.78 bits per heavy atom. The highest BCUT2D eigenvalue weighted by atomic mass is 16.1. The predicted octanol–water partition coefficient (Wildman–Crippen LogP) is 0.796. The standard InChI is InChI=1S/C13H22N4O/c1-10-9-16(7-5-14-10)11-12(18)17(8-6-15-11)13(2,3)4/h6,8,10,14H,5,7,9H2,1-4H3/t10-/m0/s1. The summed E-state index contributed by atoms with van der Waals surface area (Å²) in [5.74, 6) is 0.570. The van der Waals surface area contributed by atoms with Gasteiger partial charge in [0.05, 0.1) is 0 Å². The van der Waals surface area contributed by atoms with Crippen molar-refractivity contribution in [1.82, 2.24) is 14.9 Å². The van der Waals surface area contributed by atoms with E-state index in [0.717, 1.165) is 19.6 Å². The zero-order chi connectivity index (χ0) is 13.3. The maximum absolute atomic E-state index is 12.5. The Hall–Kier alpha value is -1.36. The van der Waals surface area contributed by atoms with Gasteiger partial charge in [0, 0.05) is 43.6 Å². The van der Waals surface area contributed by atoms with Gasteiger partial charge in [-0.2, -0.15) is 0 Å².